The van der Waals surface area contributed by atoms with Gasteiger partial charge in [0.1, 0.15) is 0 Å². The Morgan fingerprint density at radius 2 is 2.17 bits per heavy atom. The van der Waals surface area contributed by atoms with Gasteiger partial charge in [-0.1, -0.05) is 12.8 Å². The standard InChI is InChI=1S/C13H19NO4/c15-9-13(4-1-2-5-13)8-14-7-10-3-6-18-11(10)12(16)17/h3,6,14-15H,1-2,4-5,7-9H2,(H,16,17). The predicted octanol–water partition coefficient (Wildman–Crippen LogP) is 1.62. The molecule has 0 aromatic carbocycles. The van der Waals surface area contributed by atoms with Crippen molar-refractivity contribution in [2.45, 2.75) is 32.2 Å². The molecule has 1 aliphatic carbocycles. The van der Waals surface area contributed by atoms with Crippen LogP contribution in [0.1, 0.15) is 41.8 Å². The van der Waals surface area contributed by atoms with Crippen molar-refractivity contribution < 1.29 is 19.4 Å². The molecule has 5 nitrogen and oxygen atoms in total. The molecule has 1 fully saturated rings. The summed E-state index contributed by atoms with van der Waals surface area (Å²) in [5.41, 5.74) is 0.626. The van der Waals surface area contributed by atoms with Gasteiger partial charge in [0.2, 0.25) is 5.76 Å². The Labute approximate surface area is 106 Å². The summed E-state index contributed by atoms with van der Waals surface area (Å²) in [6.45, 7) is 1.37. The molecule has 100 valence electrons. The van der Waals surface area contributed by atoms with Crippen molar-refractivity contribution in [2.75, 3.05) is 13.2 Å². The van der Waals surface area contributed by atoms with Gasteiger partial charge >= 0.3 is 5.97 Å². The van der Waals surface area contributed by atoms with Crippen molar-refractivity contribution in [2.24, 2.45) is 5.41 Å². The summed E-state index contributed by atoms with van der Waals surface area (Å²) < 4.78 is 4.91. The third kappa shape index (κ3) is 2.73. The van der Waals surface area contributed by atoms with E-state index in [0.717, 1.165) is 25.7 Å². The minimum atomic E-state index is -1.05. The highest BCUT2D eigenvalue weighted by Crippen LogP contribution is 2.36. The molecule has 5 heteroatoms. The van der Waals surface area contributed by atoms with E-state index in [-0.39, 0.29) is 17.8 Å². The fraction of sp³-hybridized carbons (Fsp3) is 0.615. The molecule has 1 aromatic heterocycles. The molecule has 0 atom stereocenters. The van der Waals surface area contributed by atoms with Crippen molar-refractivity contribution in [3.05, 3.63) is 23.7 Å². The summed E-state index contributed by atoms with van der Waals surface area (Å²) >= 11 is 0. The number of carboxylic acids is 1. The van der Waals surface area contributed by atoms with Crippen LogP contribution in [0.5, 0.6) is 0 Å². The lowest BCUT2D eigenvalue weighted by molar-refractivity contribution is 0.0660. The third-order valence-electron chi connectivity index (χ3n) is 3.76. The molecular weight excluding hydrogens is 234 g/mol. The maximum atomic E-state index is 10.9. The minimum absolute atomic E-state index is 0.00743. The van der Waals surface area contributed by atoms with Crippen LogP contribution in [0.3, 0.4) is 0 Å². The molecule has 0 amide bonds. The number of carbonyl (C=O) groups is 1. The van der Waals surface area contributed by atoms with Crippen LogP contribution in [0.2, 0.25) is 0 Å². The number of hydrogen-bond donors (Lipinski definition) is 3. The van der Waals surface area contributed by atoms with E-state index in [4.69, 9.17) is 9.52 Å². The topological polar surface area (TPSA) is 82.7 Å². The van der Waals surface area contributed by atoms with Gasteiger partial charge in [-0.25, -0.2) is 4.79 Å². The maximum absolute atomic E-state index is 10.9. The van der Waals surface area contributed by atoms with E-state index < -0.39 is 5.97 Å². The van der Waals surface area contributed by atoms with Gasteiger partial charge in [0.15, 0.2) is 0 Å². The Morgan fingerprint density at radius 3 is 2.78 bits per heavy atom. The molecule has 0 spiro atoms. The minimum Gasteiger partial charge on any atom is -0.475 e. The first-order valence-corrected chi connectivity index (χ1v) is 6.28. The zero-order valence-electron chi connectivity index (χ0n) is 10.3. The Bertz CT molecular complexity index is 407. The zero-order chi connectivity index (χ0) is 13.0. The molecule has 1 heterocycles. The van der Waals surface area contributed by atoms with Gasteiger partial charge in [0.25, 0.3) is 0 Å². The second-order valence-electron chi connectivity index (χ2n) is 5.05. The van der Waals surface area contributed by atoms with Crippen LogP contribution in [-0.2, 0) is 6.54 Å². The fourth-order valence-corrected chi connectivity index (χ4v) is 2.64. The van der Waals surface area contributed by atoms with E-state index >= 15 is 0 Å². The van der Waals surface area contributed by atoms with E-state index in [2.05, 4.69) is 5.32 Å². The van der Waals surface area contributed by atoms with E-state index in [1.165, 1.54) is 6.26 Å². The van der Waals surface area contributed by atoms with Crippen LogP contribution in [0.15, 0.2) is 16.7 Å². The highest BCUT2D eigenvalue weighted by Gasteiger charge is 2.32. The van der Waals surface area contributed by atoms with Gasteiger partial charge in [-0.3, -0.25) is 0 Å². The van der Waals surface area contributed by atoms with Gasteiger partial charge in [-0.05, 0) is 18.9 Å². The Balaban J connectivity index is 1.88. The lowest BCUT2D eigenvalue weighted by atomic mass is 9.87. The van der Waals surface area contributed by atoms with Crippen LogP contribution >= 0.6 is 0 Å². The highest BCUT2D eigenvalue weighted by molar-refractivity contribution is 5.86. The monoisotopic (exact) mass is 253 g/mol. The Kier molecular flexibility index (Phi) is 4.04. The molecule has 2 rings (SSSR count). The molecule has 0 radical (unpaired) electrons. The molecule has 0 bridgehead atoms. The number of carboxylic acid groups (broad SMARTS) is 1. The number of nitrogens with one attached hydrogen (secondary N) is 1. The first-order chi connectivity index (χ1) is 8.67. The molecular formula is C13H19NO4. The molecule has 3 N–H and O–H groups in total. The van der Waals surface area contributed by atoms with Crippen molar-refractivity contribution >= 4 is 5.97 Å². The van der Waals surface area contributed by atoms with Gasteiger partial charge in [-0.2, -0.15) is 0 Å². The normalized spacial score (nSPS) is 18.1. The van der Waals surface area contributed by atoms with Gasteiger partial charge in [-0.15, -0.1) is 0 Å². The largest absolute Gasteiger partial charge is 0.475 e. The van der Waals surface area contributed by atoms with E-state index in [1.807, 2.05) is 0 Å². The number of furan rings is 1. The number of rotatable bonds is 6. The summed E-state index contributed by atoms with van der Waals surface area (Å²) in [5.74, 6) is -1.05. The first-order valence-electron chi connectivity index (χ1n) is 6.28. The third-order valence-corrected chi connectivity index (χ3v) is 3.76. The number of aliphatic hydroxyl groups is 1. The molecule has 18 heavy (non-hydrogen) atoms. The lowest BCUT2D eigenvalue weighted by Gasteiger charge is -2.26. The van der Waals surface area contributed by atoms with E-state index in [0.29, 0.717) is 18.7 Å². The summed E-state index contributed by atoms with van der Waals surface area (Å²) in [5, 5.41) is 21.6. The van der Waals surface area contributed by atoms with E-state index in [9.17, 15) is 9.90 Å². The van der Waals surface area contributed by atoms with Gasteiger partial charge < -0.3 is 19.9 Å². The Hall–Kier alpha value is -1.33. The summed E-state index contributed by atoms with van der Waals surface area (Å²) in [4.78, 5) is 10.9. The molecule has 1 aromatic rings. The first kappa shape index (κ1) is 13.1. The van der Waals surface area contributed by atoms with Crippen LogP contribution in [0.25, 0.3) is 0 Å². The highest BCUT2D eigenvalue weighted by atomic mass is 16.4. The van der Waals surface area contributed by atoms with E-state index in [1.54, 1.807) is 6.07 Å². The van der Waals surface area contributed by atoms with Crippen LogP contribution < -0.4 is 5.32 Å². The molecule has 0 unspecified atom stereocenters. The summed E-state index contributed by atoms with van der Waals surface area (Å²) in [7, 11) is 0. The SMILES string of the molecule is O=C(O)c1occc1CNCC1(CO)CCCC1. The van der Waals surface area contributed by atoms with Crippen molar-refractivity contribution in [3.63, 3.8) is 0 Å². The average molecular weight is 253 g/mol. The molecule has 1 saturated carbocycles. The molecule has 0 saturated heterocycles. The second-order valence-corrected chi connectivity index (χ2v) is 5.05. The zero-order valence-corrected chi connectivity index (χ0v) is 10.3. The van der Waals surface area contributed by atoms with Crippen LogP contribution in [0.4, 0.5) is 0 Å². The van der Waals surface area contributed by atoms with Gasteiger partial charge in [0.05, 0.1) is 6.26 Å². The molecule has 0 aliphatic heterocycles. The van der Waals surface area contributed by atoms with Crippen LogP contribution in [0, 0.1) is 5.41 Å². The quantitative estimate of drug-likeness (QED) is 0.717. The number of aliphatic hydroxyl groups excluding tert-OH is 1. The molecule has 1 aliphatic rings. The number of aromatic carboxylic acids is 1. The summed E-state index contributed by atoms with van der Waals surface area (Å²) in [6.07, 6.45) is 5.78. The smallest absolute Gasteiger partial charge is 0.372 e. The van der Waals surface area contributed by atoms with Crippen molar-refractivity contribution in [3.8, 4) is 0 Å². The van der Waals surface area contributed by atoms with Gasteiger partial charge in [0, 0.05) is 30.7 Å². The fourth-order valence-electron chi connectivity index (χ4n) is 2.64. The predicted molar refractivity (Wildman–Crippen MR) is 65.4 cm³/mol. The number of hydrogen-bond acceptors (Lipinski definition) is 4. The second kappa shape index (κ2) is 5.54. The lowest BCUT2D eigenvalue weighted by Crippen LogP contribution is -2.35. The summed E-state index contributed by atoms with van der Waals surface area (Å²) in [6, 6.07) is 1.66. The van der Waals surface area contributed by atoms with Crippen molar-refractivity contribution in [1.82, 2.24) is 5.32 Å². The maximum Gasteiger partial charge on any atom is 0.372 e. The average Bonchev–Trinajstić information content (AvgIpc) is 2.98. The van der Waals surface area contributed by atoms with Crippen molar-refractivity contribution in [1.29, 1.82) is 0 Å². The van der Waals surface area contributed by atoms with Crippen LogP contribution in [-0.4, -0.2) is 29.3 Å². The Morgan fingerprint density at radius 1 is 1.44 bits per heavy atom.